The summed E-state index contributed by atoms with van der Waals surface area (Å²) < 4.78 is 0. The van der Waals surface area contributed by atoms with Gasteiger partial charge >= 0.3 is 0 Å². The van der Waals surface area contributed by atoms with Gasteiger partial charge in [-0.25, -0.2) is 0 Å². The summed E-state index contributed by atoms with van der Waals surface area (Å²) in [6, 6.07) is 13.2. The van der Waals surface area contributed by atoms with Gasteiger partial charge in [0.05, 0.1) is 26.6 Å². The molecule has 39 heavy (non-hydrogen) atoms. The van der Waals surface area contributed by atoms with Crippen molar-refractivity contribution >= 4 is 51.9 Å². The molecular formula is C28H32Cl2N6O2S. The van der Waals surface area contributed by atoms with Crippen LogP contribution in [0.5, 0.6) is 0 Å². The first kappa shape index (κ1) is 28.1. The molecule has 2 aromatic carbocycles. The van der Waals surface area contributed by atoms with Crippen LogP contribution in [0.4, 0.5) is 11.4 Å². The van der Waals surface area contributed by atoms with Gasteiger partial charge in [0.1, 0.15) is 5.69 Å². The Bertz CT molecular complexity index is 1310. The first-order valence-corrected chi connectivity index (χ1v) is 14.5. The van der Waals surface area contributed by atoms with Gasteiger partial charge in [-0.15, -0.1) is 0 Å². The summed E-state index contributed by atoms with van der Waals surface area (Å²) in [6.45, 7) is 5.98. The summed E-state index contributed by atoms with van der Waals surface area (Å²) in [5, 5.41) is 25.1. The maximum absolute atomic E-state index is 11.7. The quantitative estimate of drug-likeness (QED) is 0.245. The van der Waals surface area contributed by atoms with E-state index in [4.69, 9.17) is 35.4 Å². The van der Waals surface area contributed by atoms with Crippen LogP contribution in [0, 0.1) is 27.4 Å². The third kappa shape index (κ3) is 5.86. The monoisotopic (exact) mass is 586 g/mol. The fraction of sp³-hybridized carbons (Fsp3) is 0.500. The van der Waals surface area contributed by atoms with E-state index >= 15 is 0 Å². The molecule has 3 aliphatic rings. The van der Waals surface area contributed by atoms with Gasteiger partial charge in [0.25, 0.3) is 5.69 Å². The van der Waals surface area contributed by atoms with E-state index < -0.39 is 4.92 Å². The number of nitriles is 1. The van der Waals surface area contributed by atoms with Crippen LogP contribution in [0.25, 0.3) is 0 Å². The third-order valence-electron chi connectivity index (χ3n) is 8.66. The van der Waals surface area contributed by atoms with Crippen molar-refractivity contribution in [3.63, 3.8) is 0 Å². The Morgan fingerprint density at radius 3 is 2.69 bits per heavy atom. The lowest BCUT2D eigenvalue weighted by Gasteiger charge is -2.35. The van der Waals surface area contributed by atoms with E-state index in [1.807, 2.05) is 18.2 Å². The number of nitro benzene ring substituents is 1. The van der Waals surface area contributed by atoms with E-state index in [1.54, 1.807) is 0 Å². The van der Waals surface area contributed by atoms with Crippen molar-refractivity contribution in [1.82, 2.24) is 14.7 Å². The summed E-state index contributed by atoms with van der Waals surface area (Å²) in [5.74, 6) is 0.415. The number of hydrogen-bond donors (Lipinski definition) is 1. The van der Waals surface area contributed by atoms with Crippen LogP contribution in [-0.4, -0.2) is 77.1 Å². The number of rotatable bonds is 8. The summed E-state index contributed by atoms with van der Waals surface area (Å²) in [7, 11) is 2.15. The molecule has 3 fully saturated rings. The molecule has 2 aliphatic carbocycles. The van der Waals surface area contributed by atoms with E-state index in [0.29, 0.717) is 16.6 Å². The molecule has 2 aromatic rings. The highest BCUT2D eigenvalue weighted by atomic mass is 35.5. The van der Waals surface area contributed by atoms with Crippen LogP contribution in [0.1, 0.15) is 36.8 Å². The van der Waals surface area contributed by atoms with E-state index in [2.05, 4.69) is 39.2 Å². The Kier molecular flexibility index (Phi) is 8.32. The van der Waals surface area contributed by atoms with Gasteiger partial charge < -0.3 is 20.0 Å². The Morgan fingerprint density at radius 1 is 1.26 bits per heavy atom. The second-order valence-corrected chi connectivity index (χ2v) is 12.1. The highest BCUT2D eigenvalue weighted by Gasteiger charge is 2.63. The Balaban J connectivity index is 1.35. The SMILES string of the molecule is CN1CCN(CCCN(C(=S)Nc2cc(Cl)c(Cl)cc2[N+](=O)[O-])[C@@H]2CC[C@]3(c4cccc(C#N)c4)CC23)CC1. The molecule has 0 bridgehead atoms. The number of nitrogens with zero attached hydrogens (tertiary/aromatic N) is 5. The van der Waals surface area contributed by atoms with Crippen molar-refractivity contribution in [3.8, 4) is 6.07 Å². The van der Waals surface area contributed by atoms with Crippen LogP contribution in [0.3, 0.4) is 0 Å². The van der Waals surface area contributed by atoms with Gasteiger partial charge in [0.2, 0.25) is 0 Å². The first-order valence-electron chi connectivity index (χ1n) is 13.3. The lowest BCUT2D eigenvalue weighted by atomic mass is 9.92. The Hall–Kier alpha value is -2.48. The van der Waals surface area contributed by atoms with Crippen molar-refractivity contribution in [3.05, 3.63) is 67.7 Å². The first-order chi connectivity index (χ1) is 18.7. The molecule has 5 rings (SSSR count). The molecule has 0 radical (unpaired) electrons. The molecule has 0 aromatic heterocycles. The molecule has 0 spiro atoms. The smallest absolute Gasteiger partial charge is 0.294 e. The largest absolute Gasteiger partial charge is 0.346 e. The van der Waals surface area contributed by atoms with Crippen LogP contribution in [-0.2, 0) is 5.41 Å². The number of hydrogen-bond acceptors (Lipinski definition) is 6. The number of likely N-dealkylation sites (N-methyl/N-ethyl adjacent to an activating group) is 1. The van der Waals surface area contributed by atoms with Crippen LogP contribution < -0.4 is 5.32 Å². The molecule has 206 valence electrons. The Morgan fingerprint density at radius 2 is 2.00 bits per heavy atom. The van der Waals surface area contributed by atoms with Crippen molar-refractivity contribution < 1.29 is 4.92 Å². The zero-order valence-electron chi connectivity index (χ0n) is 21.9. The minimum absolute atomic E-state index is 0.0679. The van der Waals surface area contributed by atoms with Crippen molar-refractivity contribution in [2.45, 2.75) is 37.1 Å². The average molecular weight is 588 g/mol. The number of benzene rings is 2. The van der Waals surface area contributed by atoms with Gasteiger partial charge in [0.15, 0.2) is 5.11 Å². The lowest BCUT2D eigenvalue weighted by molar-refractivity contribution is -0.383. The van der Waals surface area contributed by atoms with Gasteiger partial charge in [-0.2, -0.15) is 5.26 Å². The highest BCUT2D eigenvalue weighted by Crippen LogP contribution is 2.65. The number of nitro groups is 1. The van der Waals surface area contributed by atoms with Gasteiger partial charge in [0, 0.05) is 50.2 Å². The molecule has 11 heteroatoms. The predicted molar refractivity (Wildman–Crippen MR) is 159 cm³/mol. The molecule has 1 aliphatic heterocycles. The minimum Gasteiger partial charge on any atom is -0.346 e. The van der Waals surface area contributed by atoms with Crippen LogP contribution in [0.15, 0.2) is 36.4 Å². The number of halogens is 2. The van der Waals surface area contributed by atoms with Crippen molar-refractivity contribution in [2.75, 3.05) is 51.6 Å². The van der Waals surface area contributed by atoms with Crippen LogP contribution in [0.2, 0.25) is 10.0 Å². The molecule has 1 saturated heterocycles. The zero-order chi connectivity index (χ0) is 27.7. The van der Waals surface area contributed by atoms with E-state index in [9.17, 15) is 15.4 Å². The Labute approximate surface area is 244 Å². The molecule has 3 atom stereocenters. The molecule has 1 unspecified atom stereocenters. The fourth-order valence-electron chi connectivity index (χ4n) is 6.41. The number of nitrogens with one attached hydrogen (secondary N) is 1. The number of fused-ring (bicyclic) bond motifs is 1. The zero-order valence-corrected chi connectivity index (χ0v) is 24.2. The average Bonchev–Trinajstić information content (AvgIpc) is 3.55. The summed E-state index contributed by atoms with van der Waals surface area (Å²) in [6.07, 6.45) is 4.00. The van der Waals surface area contributed by atoms with E-state index in [-0.39, 0.29) is 32.9 Å². The molecule has 1 N–H and O–H groups in total. The molecule has 2 saturated carbocycles. The highest BCUT2D eigenvalue weighted by molar-refractivity contribution is 7.80. The predicted octanol–water partition coefficient (Wildman–Crippen LogP) is 5.53. The van der Waals surface area contributed by atoms with Gasteiger partial charge in [-0.3, -0.25) is 10.1 Å². The summed E-state index contributed by atoms with van der Waals surface area (Å²) in [4.78, 5) is 18.3. The van der Waals surface area contributed by atoms with E-state index in [0.717, 1.165) is 65.0 Å². The van der Waals surface area contributed by atoms with E-state index in [1.165, 1.54) is 17.7 Å². The normalized spacial score (nSPS) is 24.6. The van der Waals surface area contributed by atoms with Crippen molar-refractivity contribution in [1.29, 1.82) is 5.26 Å². The van der Waals surface area contributed by atoms with Gasteiger partial charge in [-0.1, -0.05) is 35.3 Å². The molecule has 0 amide bonds. The minimum atomic E-state index is -0.478. The third-order valence-corrected chi connectivity index (χ3v) is 9.72. The van der Waals surface area contributed by atoms with Crippen LogP contribution >= 0.6 is 35.4 Å². The standard InChI is InChI=1S/C28H32Cl2N6O2S/c1-33-10-12-34(13-11-33)8-3-9-35(27(39)32-24-15-22(29)23(30)16-26(24)36(37)38)25-6-7-28(17-21(25)28)20-5-2-4-19(14-20)18-31/h2,4-5,14-16,21,25H,3,6-13,17H2,1H3,(H,32,39)/t21?,25-,28-/m1/s1. The second-order valence-electron chi connectivity index (χ2n) is 10.9. The maximum Gasteiger partial charge on any atom is 0.294 e. The second kappa shape index (κ2) is 11.6. The summed E-state index contributed by atoms with van der Waals surface area (Å²) in [5.41, 5.74) is 2.06. The molecule has 8 nitrogen and oxygen atoms in total. The maximum atomic E-state index is 11.7. The number of piperazine rings is 1. The summed E-state index contributed by atoms with van der Waals surface area (Å²) >= 11 is 18.2. The fourth-order valence-corrected chi connectivity index (χ4v) is 7.07. The topological polar surface area (TPSA) is 88.7 Å². The molecular weight excluding hydrogens is 555 g/mol. The number of thiocarbonyl (C=S) groups is 1. The van der Waals surface area contributed by atoms with Crippen molar-refractivity contribution in [2.24, 2.45) is 5.92 Å². The lowest BCUT2D eigenvalue weighted by Crippen LogP contribution is -2.47. The number of anilines is 1. The molecule has 1 heterocycles. The van der Waals surface area contributed by atoms with Gasteiger partial charge in [-0.05, 0) is 81.2 Å².